The minimum absolute atomic E-state index is 0.106. The minimum Gasteiger partial charge on any atom is -0.387 e. The third kappa shape index (κ3) is 6.03. The summed E-state index contributed by atoms with van der Waals surface area (Å²) in [5.74, 6) is 0.282. The number of urea groups is 1. The SMILES string of the molecule is CC(C)CNC(=O)NCC(O)c1cccc(C(F)(F)F)c1. The van der Waals surface area contributed by atoms with Crippen LogP contribution in [0.2, 0.25) is 0 Å². The van der Waals surface area contributed by atoms with Gasteiger partial charge in [0.15, 0.2) is 0 Å². The minimum atomic E-state index is -4.46. The number of amides is 2. The van der Waals surface area contributed by atoms with Gasteiger partial charge in [0.2, 0.25) is 0 Å². The second-order valence-corrected chi connectivity index (χ2v) is 5.12. The topological polar surface area (TPSA) is 61.4 Å². The Bertz CT molecular complexity index is 476. The maximum atomic E-state index is 12.6. The fourth-order valence-corrected chi connectivity index (χ4v) is 1.59. The van der Waals surface area contributed by atoms with Gasteiger partial charge in [-0.3, -0.25) is 0 Å². The highest BCUT2D eigenvalue weighted by Crippen LogP contribution is 2.30. The molecule has 0 fully saturated rings. The maximum Gasteiger partial charge on any atom is 0.416 e. The zero-order valence-electron chi connectivity index (χ0n) is 11.9. The summed E-state index contributed by atoms with van der Waals surface area (Å²) in [6, 6.07) is 3.94. The number of rotatable bonds is 5. The number of carbonyl (C=O) groups excluding carboxylic acids is 1. The quantitative estimate of drug-likeness (QED) is 0.783. The number of aliphatic hydroxyl groups is 1. The summed E-state index contributed by atoms with van der Waals surface area (Å²) in [5, 5.41) is 14.8. The fraction of sp³-hybridized carbons (Fsp3) is 0.500. The molecule has 0 radical (unpaired) electrons. The lowest BCUT2D eigenvalue weighted by molar-refractivity contribution is -0.137. The van der Waals surface area contributed by atoms with E-state index in [1.165, 1.54) is 12.1 Å². The van der Waals surface area contributed by atoms with E-state index >= 15 is 0 Å². The Kier molecular flexibility index (Phi) is 6.02. The second-order valence-electron chi connectivity index (χ2n) is 5.12. The number of nitrogens with one attached hydrogen (secondary N) is 2. The Balaban J connectivity index is 2.56. The predicted molar refractivity (Wildman–Crippen MR) is 72.6 cm³/mol. The van der Waals surface area contributed by atoms with Gasteiger partial charge in [-0.25, -0.2) is 4.79 Å². The van der Waals surface area contributed by atoms with E-state index in [1.807, 2.05) is 13.8 Å². The molecule has 21 heavy (non-hydrogen) atoms. The number of halogens is 3. The van der Waals surface area contributed by atoms with Crippen LogP contribution in [-0.4, -0.2) is 24.2 Å². The van der Waals surface area contributed by atoms with Crippen molar-refractivity contribution in [2.75, 3.05) is 13.1 Å². The molecule has 0 aliphatic carbocycles. The summed E-state index contributed by atoms with van der Waals surface area (Å²) >= 11 is 0. The van der Waals surface area contributed by atoms with Gasteiger partial charge in [-0.15, -0.1) is 0 Å². The van der Waals surface area contributed by atoms with Gasteiger partial charge in [-0.05, 0) is 23.6 Å². The second kappa shape index (κ2) is 7.31. The van der Waals surface area contributed by atoms with Gasteiger partial charge in [-0.1, -0.05) is 26.0 Å². The van der Waals surface area contributed by atoms with E-state index in [2.05, 4.69) is 10.6 Å². The van der Waals surface area contributed by atoms with Crippen molar-refractivity contribution in [3.63, 3.8) is 0 Å². The van der Waals surface area contributed by atoms with E-state index in [0.29, 0.717) is 6.54 Å². The van der Waals surface area contributed by atoms with Crippen molar-refractivity contribution in [1.82, 2.24) is 10.6 Å². The first-order chi connectivity index (χ1) is 9.70. The summed E-state index contributed by atoms with van der Waals surface area (Å²) < 4.78 is 37.7. The molecule has 0 spiro atoms. The molecule has 2 amide bonds. The molecule has 0 aliphatic rings. The standard InChI is InChI=1S/C14H19F3N2O2/c1-9(2)7-18-13(21)19-8-12(20)10-4-3-5-11(6-10)14(15,16)17/h3-6,9,12,20H,7-8H2,1-2H3,(H2,18,19,21). The number of aliphatic hydroxyl groups excluding tert-OH is 1. The van der Waals surface area contributed by atoms with Crippen LogP contribution in [0, 0.1) is 5.92 Å². The molecule has 0 saturated heterocycles. The van der Waals surface area contributed by atoms with E-state index < -0.39 is 23.9 Å². The molecule has 4 nitrogen and oxygen atoms in total. The predicted octanol–water partition coefficient (Wildman–Crippen LogP) is 2.69. The summed E-state index contributed by atoms with van der Waals surface area (Å²) in [6.45, 7) is 4.17. The molecule has 0 aliphatic heterocycles. The monoisotopic (exact) mass is 304 g/mol. The molecule has 0 aromatic heterocycles. The lowest BCUT2D eigenvalue weighted by atomic mass is 10.1. The first-order valence-corrected chi connectivity index (χ1v) is 6.57. The van der Waals surface area contributed by atoms with Crippen molar-refractivity contribution < 1.29 is 23.1 Å². The van der Waals surface area contributed by atoms with Gasteiger partial charge < -0.3 is 15.7 Å². The molecular weight excluding hydrogens is 285 g/mol. The first kappa shape index (κ1) is 17.3. The summed E-state index contributed by atoms with van der Waals surface area (Å²) in [4.78, 5) is 11.4. The van der Waals surface area contributed by atoms with Crippen molar-refractivity contribution in [2.24, 2.45) is 5.92 Å². The molecule has 0 heterocycles. The summed E-state index contributed by atoms with van der Waals surface area (Å²) in [7, 11) is 0. The van der Waals surface area contributed by atoms with Crippen LogP contribution in [0.1, 0.15) is 31.1 Å². The molecule has 1 aromatic rings. The van der Waals surface area contributed by atoms with E-state index in [9.17, 15) is 23.1 Å². The van der Waals surface area contributed by atoms with Crippen LogP contribution in [0.4, 0.5) is 18.0 Å². The smallest absolute Gasteiger partial charge is 0.387 e. The Hall–Kier alpha value is -1.76. The lowest BCUT2D eigenvalue weighted by Crippen LogP contribution is -2.39. The number of hydrogen-bond acceptors (Lipinski definition) is 2. The van der Waals surface area contributed by atoms with Gasteiger partial charge in [0.1, 0.15) is 0 Å². The average Bonchev–Trinajstić information content (AvgIpc) is 2.41. The molecule has 3 N–H and O–H groups in total. The van der Waals surface area contributed by atoms with Crippen molar-refractivity contribution in [1.29, 1.82) is 0 Å². The van der Waals surface area contributed by atoms with Crippen molar-refractivity contribution in [3.05, 3.63) is 35.4 Å². The van der Waals surface area contributed by atoms with Gasteiger partial charge >= 0.3 is 12.2 Å². The molecule has 1 unspecified atom stereocenters. The van der Waals surface area contributed by atoms with Crippen LogP contribution in [0.15, 0.2) is 24.3 Å². The van der Waals surface area contributed by atoms with Crippen LogP contribution in [0.25, 0.3) is 0 Å². The van der Waals surface area contributed by atoms with E-state index in [-0.39, 0.29) is 18.0 Å². The Morgan fingerprint density at radius 1 is 1.24 bits per heavy atom. The highest BCUT2D eigenvalue weighted by atomic mass is 19.4. The van der Waals surface area contributed by atoms with E-state index in [4.69, 9.17) is 0 Å². The van der Waals surface area contributed by atoms with E-state index in [1.54, 1.807) is 0 Å². The van der Waals surface area contributed by atoms with Crippen LogP contribution in [0.5, 0.6) is 0 Å². The highest BCUT2D eigenvalue weighted by Gasteiger charge is 2.30. The van der Waals surface area contributed by atoms with E-state index in [0.717, 1.165) is 12.1 Å². The van der Waals surface area contributed by atoms with Crippen LogP contribution < -0.4 is 10.6 Å². The van der Waals surface area contributed by atoms with Crippen LogP contribution in [-0.2, 0) is 6.18 Å². The normalized spacial score (nSPS) is 13.1. The molecule has 1 aromatic carbocycles. The molecular formula is C14H19F3N2O2. The maximum absolute atomic E-state index is 12.6. The third-order valence-corrected chi connectivity index (χ3v) is 2.73. The molecule has 0 bridgehead atoms. The fourth-order valence-electron chi connectivity index (χ4n) is 1.59. The Labute approximate surface area is 121 Å². The number of benzene rings is 1. The Morgan fingerprint density at radius 3 is 2.43 bits per heavy atom. The van der Waals surface area contributed by atoms with Crippen LogP contribution in [0.3, 0.4) is 0 Å². The van der Waals surface area contributed by atoms with Crippen LogP contribution >= 0.6 is 0 Å². The van der Waals surface area contributed by atoms with Gasteiger partial charge in [0, 0.05) is 13.1 Å². The lowest BCUT2D eigenvalue weighted by Gasteiger charge is -2.15. The first-order valence-electron chi connectivity index (χ1n) is 6.57. The number of carbonyl (C=O) groups is 1. The average molecular weight is 304 g/mol. The molecule has 7 heteroatoms. The number of hydrogen-bond donors (Lipinski definition) is 3. The zero-order valence-corrected chi connectivity index (χ0v) is 11.9. The van der Waals surface area contributed by atoms with Crippen molar-refractivity contribution >= 4 is 6.03 Å². The van der Waals surface area contributed by atoms with Crippen molar-refractivity contribution in [2.45, 2.75) is 26.1 Å². The number of alkyl halides is 3. The molecule has 1 rings (SSSR count). The Morgan fingerprint density at radius 2 is 1.86 bits per heavy atom. The van der Waals surface area contributed by atoms with Gasteiger partial charge in [0.25, 0.3) is 0 Å². The highest BCUT2D eigenvalue weighted by molar-refractivity contribution is 5.73. The largest absolute Gasteiger partial charge is 0.416 e. The molecule has 0 saturated carbocycles. The third-order valence-electron chi connectivity index (χ3n) is 2.73. The van der Waals surface area contributed by atoms with Crippen molar-refractivity contribution in [3.8, 4) is 0 Å². The molecule has 1 atom stereocenters. The van der Waals surface area contributed by atoms with Gasteiger partial charge in [0.05, 0.1) is 11.7 Å². The zero-order chi connectivity index (χ0) is 16.0. The summed E-state index contributed by atoms with van der Waals surface area (Å²) in [6.07, 6.45) is -5.66. The summed E-state index contributed by atoms with van der Waals surface area (Å²) in [5.41, 5.74) is -0.725. The van der Waals surface area contributed by atoms with Gasteiger partial charge in [-0.2, -0.15) is 13.2 Å². The molecule has 118 valence electrons.